The van der Waals surface area contributed by atoms with Gasteiger partial charge < -0.3 is 0 Å². The van der Waals surface area contributed by atoms with E-state index in [2.05, 4.69) is 27.0 Å². The molecule has 0 spiro atoms. The molecule has 1 aromatic carbocycles. The van der Waals surface area contributed by atoms with Crippen LogP contribution >= 0.6 is 22.9 Å². The number of halogens is 1. The Morgan fingerprint density at radius 2 is 1.95 bits per heavy atom. The van der Waals surface area contributed by atoms with E-state index in [1.54, 1.807) is 11.3 Å². The topological polar surface area (TPSA) is 30.7 Å². The molecular formula is C14H12ClN3S. The molecule has 3 rings (SSSR count). The van der Waals surface area contributed by atoms with Gasteiger partial charge in [0.2, 0.25) is 5.28 Å². The van der Waals surface area contributed by atoms with Crippen LogP contribution in [0.1, 0.15) is 5.56 Å². The minimum atomic E-state index is 0.439. The van der Waals surface area contributed by atoms with E-state index in [-0.39, 0.29) is 0 Å². The van der Waals surface area contributed by atoms with Crippen LogP contribution in [0, 0.1) is 0 Å². The Morgan fingerprint density at radius 1 is 1.11 bits per heavy atom. The van der Waals surface area contributed by atoms with Gasteiger partial charge in [-0.1, -0.05) is 30.3 Å². The average Bonchev–Trinajstić information content (AvgIpc) is 3.07. The summed E-state index contributed by atoms with van der Waals surface area (Å²) in [4.78, 5) is 0. The highest BCUT2D eigenvalue weighted by Gasteiger charge is 2.11. The smallest absolute Gasteiger partial charge is 0.225 e. The zero-order valence-electron chi connectivity index (χ0n) is 10.2. The van der Waals surface area contributed by atoms with Crippen molar-refractivity contribution >= 4 is 22.9 Å². The van der Waals surface area contributed by atoms with Crippen molar-refractivity contribution in [3.05, 3.63) is 58.0 Å². The third-order valence-corrected chi connectivity index (χ3v) is 3.95. The Hall–Kier alpha value is -1.65. The van der Waals surface area contributed by atoms with Crippen LogP contribution in [0.25, 0.3) is 11.4 Å². The number of nitrogens with zero attached hydrogens (tertiary/aromatic N) is 3. The highest BCUT2D eigenvalue weighted by Crippen LogP contribution is 2.21. The lowest BCUT2D eigenvalue weighted by atomic mass is 10.2. The van der Waals surface area contributed by atoms with Gasteiger partial charge in [-0.3, -0.25) is 4.57 Å². The van der Waals surface area contributed by atoms with E-state index >= 15 is 0 Å². The first-order valence-corrected chi connectivity index (χ1v) is 7.32. The maximum absolute atomic E-state index is 6.13. The van der Waals surface area contributed by atoms with Crippen molar-refractivity contribution in [2.24, 2.45) is 0 Å². The van der Waals surface area contributed by atoms with Crippen molar-refractivity contribution in [3.63, 3.8) is 0 Å². The summed E-state index contributed by atoms with van der Waals surface area (Å²) in [5.41, 5.74) is 2.35. The summed E-state index contributed by atoms with van der Waals surface area (Å²) in [6.07, 6.45) is 0.932. The van der Waals surface area contributed by atoms with Gasteiger partial charge in [-0.2, -0.15) is 11.3 Å². The summed E-state index contributed by atoms with van der Waals surface area (Å²) in [6, 6.07) is 12.1. The monoisotopic (exact) mass is 289 g/mol. The number of thiophene rings is 1. The molecule has 0 aliphatic heterocycles. The molecule has 0 saturated heterocycles. The van der Waals surface area contributed by atoms with Gasteiger partial charge in [-0.05, 0) is 40.4 Å². The highest BCUT2D eigenvalue weighted by molar-refractivity contribution is 7.07. The van der Waals surface area contributed by atoms with E-state index in [0.717, 1.165) is 24.4 Å². The lowest BCUT2D eigenvalue weighted by Gasteiger charge is -2.07. The van der Waals surface area contributed by atoms with E-state index in [9.17, 15) is 0 Å². The second kappa shape index (κ2) is 5.55. The first kappa shape index (κ1) is 12.4. The molecule has 0 atom stereocenters. The SMILES string of the molecule is Clc1nnc(-c2ccccc2)n1CCc1ccsc1. The Morgan fingerprint density at radius 3 is 2.68 bits per heavy atom. The largest absolute Gasteiger partial charge is 0.297 e. The maximum atomic E-state index is 6.13. The van der Waals surface area contributed by atoms with Gasteiger partial charge >= 0.3 is 0 Å². The zero-order chi connectivity index (χ0) is 13.1. The Bertz CT molecular complexity index is 647. The molecule has 0 bridgehead atoms. The minimum Gasteiger partial charge on any atom is -0.297 e. The lowest BCUT2D eigenvalue weighted by molar-refractivity contribution is 0.702. The molecular weight excluding hydrogens is 278 g/mol. The van der Waals surface area contributed by atoms with Gasteiger partial charge in [0.15, 0.2) is 5.82 Å². The van der Waals surface area contributed by atoms with E-state index < -0.39 is 0 Å². The molecule has 19 heavy (non-hydrogen) atoms. The quantitative estimate of drug-likeness (QED) is 0.729. The molecule has 2 aromatic heterocycles. The summed E-state index contributed by atoms with van der Waals surface area (Å²) in [5.74, 6) is 0.820. The molecule has 0 aliphatic rings. The lowest BCUT2D eigenvalue weighted by Crippen LogP contribution is -2.03. The summed E-state index contributed by atoms with van der Waals surface area (Å²) in [5, 5.41) is 12.8. The fourth-order valence-corrected chi connectivity index (χ4v) is 2.86. The highest BCUT2D eigenvalue weighted by atomic mass is 35.5. The van der Waals surface area contributed by atoms with Crippen LogP contribution in [0.5, 0.6) is 0 Å². The van der Waals surface area contributed by atoms with Gasteiger partial charge in [-0.25, -0.2) is 0 Å². The van der Waals surface area contributed by atoms with Gasteiger partial charge in [0.25, 0.3) is 0 Å². The van der Waals surface area contributed by atoms with Crippen molar-refractivity contribution in [2.75, 3.05) is 0 Å². The van der Waals surface area contributed by atoms with Crippen molar-refractivity contribution in [1.29, 1.82) is 0 Å². The van der Waals surface area contributed by atoms with Crippen LogP contribution in [0.15, 0.2) is 47.2 Å². The van der Waals surface area contributed by atoms with E-state index in [4.69, 9.17) is 11.6 Å². The van der Waals surface area contributed by atoms with Crippen LogP contribution in [0.3, 0.4) is 0 Å². The molecule has 0 fully saturated rings. The fraction of sp³-hybridized carbons (Fsp3) is 0.143. The maximum Gasteiger partial charge on any atom is 0.225 e. The molecule has 96 valence electrons. The fourth-order valence-electron chi connectivity index (χ4n) is 1.96. The number of rotatable bonds is 4. The van der Waals surface area contributed by atoms with Crippen LogP contribution in [0.4, 0.5) is 0 Å². The molecule has 2 heterocycles. The number of benzene rings is 1. The molecule has 0 aliphatic carbocycles. The molecule has 0 radical (unpaired) electrons. The Kier molecular flexibility index (Phi) is 3.62. The number of hydrogen-bond donors (Lipinski definition) is 0. The first-order chi connectivity index (χ1) is 9.34. The van der Waals surface area contributed by atoms with E-state index in [0.29, 0.717) is 5.28 Å². The zero-order valence-corrected chi connectivity index (χ0v) is 11.7. The standard InChI is InChI=1S/C14H12ClN3S/c15-14-17-16-13(12-4-2-1-3-5-12)18(14)8-6-11-7-9-19-10-11/h1-5,7,9-10H,6,8H2. The van der Waals surface area contributed by atoms with Crippen LogP contribution in [-0.4, -0.2) is 14.8 Å². The van der Waals surface area contributed by atoms with Gasteiger partial charge in [0.05, 0.1) is 0 Å². The number of aromatic nitrogens is 3. The van der Waals surface area contributed by atoms with Crippen molar-refractivity contribution in [3.8, 4) is 11.4 Å². The normalized spacial score (nSPS) is 10.8. The van der Waals surface area contributed by atoms with Gasteiger partial charge in [0, 0.05) is 12.1 Å². The Balaban J connectivity index is 1.87. The summed E-state index contributed by atoms with van der Waals surface area (Å²) in [6.45, 7) is 0.785. The summed E-state index contributed by atoms with van der Waals surface area (Å²) >= 11 is 7.84. The van der Waals surface area contributed by atoms with Crippen LogP contribution in [-0.2, 0) is 13.0 Å². The summed E-state index contributed by atoms with van der Waals surface area (Å²) < 4.78 is 1.95. The second-order valence-electron chi connectivity index (χ2n) is 4.19. The molecule has 3 aromatic rings. The van der Waals surface area contributed by atoms with Gasteiger partial charge in [-0.15, -0.1) is 10.2 Å². The van der Waals surface area contributed by atoms with E-state index in [1.165, 1.54) is 5.56 Å². The summed E-state index contributed by atoms with van der Waals surface area (Å²) in [7, 11) is 0. The van der Waals surface area contributed by atoms with Crippen molar-refractivity contribution < 1.29 is 0 Å². The predicted molar refractivity (Wildman–Crippen MR) is 78.5 cm³/mol. The van der Waals surface area contributed by atoms with Crippen LogP contribution in [0.2, 0.25) is 5.28 Å². The minimum absolute atomic E-state index is 0.439. The number of hydrogen-bond acceptors (Lipinski definition) is 3. The molecule has 0 N–H and O–H groups in total. The van der Waals surface area contributed by atoms with Gasteiger partial charge in [0.1, 0.15) is 0 Å². The molecule has 5 heteroatoms. The molecule has 0 saturated carbocycles. The average molecular weight is 290 g/mol. The van der Waals surface area contributed by atoms with Crippen LogP contribution < -0.4 is 0 Å². The first-order valence-electron chi connectivity index (χ1n) is 6.00. The second-order valence-corrected chi connectivity index (χ2v) is 5.31. The Labute approximate surface area is 120 Å². The third-order valence-electron chi connectivity index (χ3n) is 2.94. The van der Waals surface area contributed by atoms with E-state index in [1.807, 2.05) is 34.9 Å². The predicted octanol–water partition coefficient (Wildman–Crippen LogP) is 3.90. The van der Waals surface area contributed by atoms with Crippen molar-refractivity contribution in [2.45, 2.75) is 13.0 Å². The molecule has 0 unspecified atom stereocenters. The number of aryl methyl sites for hydroxylation is 1. The van der Waals surface area contributed by atoms with Crippen molar-refractivity contribution in [1.82, 2.24) is 14.8 Å². The molecule has 0 amide bonds. The molecule has 3 nitrogen and oxygen atoms in total. The third kappa shape index (κ3) is 2.69.